The molecule has 1 heterocycles. The van der Waals surface area contributed by atoms with Crippen LogP contribution in [-0.2, 0) is 0 Å². The van der Waals surface area contributed by atoms with E-state index < -0.39 is 0 Å². The second kappa shape index (κ2) is 5.45. The van der Waals surface area contributed by atoms with Gasteiger partial charge in [0.1, 0.15) is 5.75 Å². The predicted octanol–water partition coefficient (Wildman–Crippen LogP) is 5.14. The highest BCUT2D eigenvalue weighted by atomic mass is 16.5. The number of allylic oxidation sites excluding steroid dienone is 2. The quantitative estimate of drug-likeness (QED) is 0.776. The van der Waals surface area contributed by atoms with E-state index in [9.17, 15) is 0 Å². The normalized spacial score (nSPS) is 24.7. The molecule has 2 aromatic rings. The first-order chi connectivity index (χ1) is 11.2. The summed E-state index contributed by atoms with van der Waals surface area (Å²) in [6.45, 7) is 4.41. The van der Waals surface area contributed by atoms with Crippen molar-refractivity contribution in [2.45, 2.75) is 32.2 Å². The Bertz CT molecular complexity index is 777. The van der Waals surface area contributed by atoms with Crippen LogP contribution in [0.2, 0.25) is 0 Å². The Kier molecular flexibility index (Phi) is 3.41. The zero-order valence-electron chi connectivity index (χ0n) is 14.0. The fraction of sp³-hybridized carbons (Fsp3) is 0.333. The summed E-state index contributed by atoms with van der Waals surface area (Å²) in [6, 6.07) is 13.4. The van der Waals surface area contributed by atoms with Crippen LogP contribution in [0.15, 0.2) is 48.6 Å². The molecule has 0 amide bonds. The minimum atomic E-state index is 0.332. The molecule has 2 aliphatic rings. The third-order valence-corrected chi connectivity index (χ3v) is 5.27. The van der Waals surface area contributed by atoms with Crippen LogP contribution >= 0.6 is 0 Å². The number of nitrogens with one attached hydrogen (secondary N) is 1. The largest absolute Gasteiger partial charge is 0.497 e. The van der Waals surface area contributed by atoms with E-state index in [4.69, 9.17) is 4.74 Å². The monoisotopic (exact) mass is 305 g/mol. The highest BCUT2D eigenvalue weighted by Crippen LogP contribution is 2.51. The van der Waals surface area contributed by atoms with Crippen LogP contribution in [0.25, 0.3) is 0 Å². The number of methoxy groups -OCH3 is 1. The van der Waals surface area contributed by atoms with E-state index >= 15 is 0 Å². The van der Waals surface area contributed by atoms with Gasteiger partial charge in [-0.3, -0.25) is 0 Å². The summed E-state index contributed by atoms with van der Waals surface area (Å²) in [5.41, 5.74) is 6.81. The molecule has 2 aromatic carbocycles. The zero-order valence-corrected chi connectivity index (χ0v) is 14.0. The second-order valence-electron chi connectivity index (χ2n) is 6.80. The number of benzene rings is 2. The molecule has 23 heavy (non-hydrogen) atoms. The first-order valence-corrected chi connectivity index (χ1v) is 8.35. The number of ether oxygens (including phenoxy) is 1. The third-order valence-electron chi connectivity index (χ3n) is 5.27. The maximum Gasteiger partial charge on any atom is 0.119 e. The summed E-state index contributed by atoms with van der Waals surface area (Å²) >= 11 is 0. The molecule has 3 atom stereocenters. The van der Waals surface area contributed by atoms with E-state index in [0.29, 0.717) is 17.9 Å². The van der Waals surface area contributed by atoms with Gasteiger partial charge in [0.05, 0.1) is 13.2 Å². The Hall–Kier alpha value is -2.22. The van der Waals surface area contributed by atoms with E-state index in [1.165, 1.54) is 27.9 Å². The van der Waals surface area contributed by atoms with E-state index in [1.807, 2.05) is 6.07 Å². The van der Waals surface area contributed by atoms with Crippen LogP contribution < -0.4 is 10.1 Å². The van der Waals surface area contributed by atoms with Crippen molar-refractivity contribution < 1.29 is 4.74 Å². The van der Waals surface area contributed by atoms with Crippen LogP contribution in [0.1, 0.15) is 40.6 Å². The van der Waals surface area contributed by atoms with Crippen LogP contribution in [-0.4, -0.2) is 7.11 Å². The number of hydrogen-bond donors (Lipinski definition) is 1. The molecule has 1 aliphatic heterocycles. The molecule has 3 unspecified atom stereocenters. The summed E-state index contributed by atoms with van der Waals surface area (Å²) in [6.07, 6.45) is 5.88. The van der Waals surface area contributed by atoms with Gasteiger partial charge in [-0.15, -0.1) is 0 Å². The van der Waals surface area contributed by atoms with Crippen molar-refractivity contribution in [3.63, 3.8) is 0 Å². The summed E-state index contributed by atoms with van der Waals surface area (Å²) in [4.78, 5) is 0. The maximum absolute atomic E-state index is 5.42. The minimum Gasteiger partial charge on any atom is -0.497 e. The first-order valence-electron chi connectivity index (χ1n) is 8.35. The molecule has 0 saturated carbocycles. The molecule has 0 aromatic heterocycles. The molecule has 0 saturated heterocycles. The molecule has 0 bridgehead atoms. The van der Waals surface area contributed by atoms with Crippen molar-refractivity contribution in [3.8, 4) is 5.75 Å². The molecule has 118 valence electrons. The van der Waals surface area contributed by atoms with Gasteiger partial charge in [0.15, 0.2) is 0 Å². The molecular weight excluding hydrogens is 282 g/mol. The lowest BCUT2D eigenvalue weighted by molar-refractivity contribution is 0.406. The number of rotatable bonds is 2. The predicted molar refractivity (Wildman–Crippen MR) is 95.3 cm³/mol. The molecular formula is C21H23NO. The van der Waals surface area contributed by atoms with Crippen LogP contribution in [0.5, 0.6) is 5.75 Å². The average Bonchev–Trinajstić information content (AvgIpc) is 3.02. The van der Waals surface area contributed by atoms with Gasteiger partial charge < -0.3 is 10.1 Å². The van der Waals surface area contributed by atoms with E-state index in [2.05, 4.69) is 61.6 Å². The van der Waals surface area contributed by atoms with Gasteiger partial charge in [-0.1, -0.05) is 30.4 Å². The summed E-state index contributed by atoms with van der Waals surface area (Å²) in [7, 11) is 1.73. The van der Waals surface area contributed by atoms with Crippen LogP contribution in [0.3, 0.4) is 0 Å². The Labute approximate surface area is 138 Å². The van der Waals surface area contributed by atoms with E-state index in [0.717, 1.165) is 12.2 Å². The lowest BCUT2D eigenvalue weighted by Gasteiger charge is -2.38. The second-order valence-corrected chi connectivity index (χ2v) is 6.80. The third kappa shape index (κ3) is 2.33. The topological polar surface area (TPSA) is 21.3 Å². The number of hydrogen-bond acceptors (Lipinski definition) is 2. The van der Waals surface area contributed by atoms with Crippen molar-refractivity contribution in [2.75, 3.05) is 12.4 Å². The Morgan fingerprint density at radius 3 is 2.83 bits per heavy atom. The summed E-state index contributed by atoms with van der Waals surface area (Å²) in [5, 5.41) is 3.82. The summed E-state index contributed by atoms with van der Waals surface area (Å²) in [5.74, 6) is 2.03. The minimum absolute atomic E-state index is 0.332. The molecule has 0 fully saturated rings. The molecule has 4 rings (SSSR count). The van der Waals surface area contributed by atoms with Gasteiger partial charge in [0.25, 0.3) is 0 Å². The number of fused-ring (bicyclic) bond motifs is 3. The lowest BCUT2D eigenvalue weighted by Crippen LogP contribution is -2.29. The fourth-order valence-corrected chi connectivity index (χ4v) is 4.31. The highest BCUT2D eigenvalue weighted by Gasteiger charge is 2.38. The van der Waals surface area contributed by atoms with Gasteiger partial charge in [0, 0.05) is 11.6 Å². The summed E-state index contributed by atoms with van der Waals surface area (Å²) < 4.78 is 5.42. The Morgan fingerprint density at radius 1 is 1.13 bits per heavy atom. The van der Waals surface area contributed by atoms with Crippen molar-refractivity contribution in [1.29, 1.82) is 0 Å². The van der Waals surface area contributed by atoms with Gasteiger partial charge in [0.2, 0.25) is 0 Å². The smallest absolute Gasteiger partial charge is 0.119 e. The van der Waals surface area contributed by atoms with Crippen LogP contribution in [0.4, 0.5) is 5.69 Å². The maximum atomic E-state index is 5.42. The molecule has 0 spiro atoms. The van der Waals surface area contributed by atoms with Crippen molar-refractivity contribution in [1.82, 2.24) is 0 Å². The molecule has 0 radical (unpaired) electrons. The standard InChI is InChI=1S/C21H23NO/c1-13-10-14(2)20-17-8-5-9-18(17)21(22-19(20)11-13)15-6-4-7-16(12-15)23-3/h4-8,10-12,17-18,21-22H,9H2,1-3H3. The highest BCUT2D eigenvalue weighted by molar-refractivity contribution is 5.63. The molecule has 1 N–H and O–H groups in total. The Morgan fingerprint density at radius 2 is 2.00 bits per heavy atom. The Balaban J connectivity index is 1.81. The first kappa shape index (κ1) is 14.4. The van der Waals surface area contributed by atoms with Gasteiger partial charge in [-0.2, -0.15) is 0 Å². The SMILES string of the molecule is COc1cccc(C2Nc3cc(C)cc(C)c3C3C=CCC32)c1. The molecule has 2 nitrogen and oxygen atoms in total. The zero-order chi connectivity index (χ0) is 16.0. The lowest BCUT2D eigenvalue weighted by atomic mass is 9.75. The van der Waals surface area contributed by atoms with E-state index in [-0.39, 0.29) is 0 Å². The average molecular weight is 305 g/mol. The van der Waals surface area contributed by atoms with Gasteiger partial charge in [-0.25, -0.2) is 0 Å². The van der Waals surface area contributed by atoms with Crippen molar-refractivity contribution in [3.05, 3.63) is 70.8 Å². The van der Waals surface area contributed by atoms with Crippen LogP contribution in [0, 0.1) is 19.8 Å². The van der Waals surface area contributed by atoms with Crippen molar-refractivity contribution >= 4 is 5.69 Å². The molecule has 2 heteroatoms. The van der Waals surface area contributed by atoms with E-state index in [1.54, 1.807) is 7.11 Å². The molecule has 1 aliphatic carbocycles. The van der Waals surface area contributed by atoms with Gasteiger partial charge >= 0.3 is 0 Å². The number of anilines is 1. The fourth-order valence-electron chi connectivity index (χ4n) is 4.31. The van der Waals surface area contributed by atoms with Gasteiger partial charge in [-0.05, 0) is 66.6 Å². The number of aryl methyl sites for hydroxylation is 2. The van der Waals surface area contributed by atoms with Crippen molar-refractivity contribution in [2.24, 2.45) is 5.92 Å².